The molecule has 1 saturated heterocycles. The molecule has 6 nitrogen and oxygen atoms in total. The predicted octanol–water partition coefficient (Wildman–Crippen LogP) is 1.20. The van der Waals surface area contributed by atoms with Crippen molar-refractivity contribution in [3.63, 3.8) is 0 Å². The van der Waals surface area contributed by atoms with Gasteiger partial charge in [-0.05, 0) is 25.7 Å². The largest absolute Gasteiger partial charge is 0.368 e. The van der Waals surface area contributed by atoms with Crippen LogP contribution < -0.4 is 5.73 Å². The molecule has 2 N–H and O–H groups in total. The number of nitrogens with zero attached hydrogens (tertiary/aromatic N) is 2. The molecule has 1 fully saturated rings. The molecule has 0 radical (unpaired) electrons. The van der Waals surface area contributed by atoms with Crippen molar-refractivity contribution in [3.05, 3.63) is 17.5 Å². The van der Waals surface area contributed by atoms with Gasteiger partial charge in [0.1, 0.15) is 17.7 Å². The number of rotatable bonds is 4. The first-order valence-corrected chi connectivity index (χ1v) is 6.94. The van der Waals surface area contributed by atoms with Gasteiger partial charge in [0, 0.05) is 12.6 Å². The highest BCUT2D eigenvalue weighted by Crippen LogP contribution is 2.30. The standard InChI is InChI=1S/C14H21N3O3/c1-8(2)12(11-7-9(3)16-20-11)14(19)17-6-4-5-10(17)13(15)18/h7-8,10,12H,4-6H2,1-3H3,(H2,15,18)/t10-,12?/m1/s1. The molecule has 0 saturated carbocycles. The smallest absolute Gasteiger partial charge is 0.240 e. The lowest BCUT2D eigenvalue weighted by atomic mass is 9.91. The maximum atomic E-state index is 12.7. The summed E-state index contributed by atoms with van der Waals surface area (Å²) in [4.78, 5) is 25.8. The lowest BCUT2D eigenvalue weighted by Gasteiger charge is -2.27. The molecule has 2 atom stereocenters. The Morgan fingerprint density at radius 3 is 2.70 bits per heavy atom. The van der Waals surface area contributed by atoms with Crippen molar-refractivity contribution in [2.24, 2.45) is 11.7 Å². The Bertz CT molecular complexity index is 510. The van der Waals surface area contributed by atoms with E-state index in [0.717, 1.165) is 12.1 Å². The average Bonchev–Trinajstić information content (AvgIpc) is 2.97. The molecule has 1 aromatic heterocycles. The van der Waals surface area contributed by atoms with Gasteiger partial charge in [0.15, 0.2) is 0 Å². The van der Waals surface area contributed by atoms with E-state index in [0.29, 0.717) is 18.7 Å². The minimum atomic E-state index is -0.493. The first-order valence-electron chi connectivity index (χ1n) is 6.94. The summed E-state index contributed by atoms with van der Waals surface area (Å²) in [6.07, 6.45) is 1.45. The molecule has 0 aliphatic carbocycles. The van der Waals surface area contributed by atoms with Crippen LogP contribution in [0.15, 0.2) is 10.6 Å². The van der Waals surface area contributed by atoms with Crippen LogP contribution in [0, 0.1) is 12.8 Å². The van der Waals surface area contributed by atoms with Crippen molar-refractivity contribution < 1.29 is 14.1 Å². The van der Waals surface area contributed by atoms with Gasteiger partial charge in [0.25, 0.3) is 0 Å². The summed E-state index contributed by atoms with van der Waals surface area (Å²) < 4.78 is 5.25. The molecule has 1 unspecified atom stereocenters. The molecule has 1 aliphatic heterocycles. The minimum Gasteiger partial charge on any atom is -0.368 e. The van der Waals surface area contributed by atoms with Gasteiger partial charge in [-0.15, -0.1) is 0 Å². The van der Waals surface area contributed by atoms with Gasteiger partial charge in [-0.1, -0.05) is 19.0 Å². The molecule has 0 spiro atoms. The quantitative estimate of drug-likeness (QED) is 0.896. The van der Waals surface area contributed by atoms with Gasteiger partial charge in [0.05, 0.1) is 5.69 Å². The number of carbonyl (C=O) groups excluding carboxylic acids is 2. The average molecular weight is 279 g/mol. The van der Waals surface area contributed by atoms with Gasteiger partial charge in [-0.2, -0.15) is 0 Å². The van der Waals surface area contributed by atoms with Crippen molar-refractivity contribution in [3.8, 4) is 0 Å². The van der Waals surface area contributed by atoms with Gasteiger partial charge in [-0.3, -0.25) is 9.59 Å². The normalized spacial score (nSPS) is 20.4. The summed E-state index contributed by atoms with van der Waals surface area (Å²) in [7, 11) is 0. The van der Waals surface area contributed by atoms with E-state index < -0.39 is 17.9 Å². The van der Waals surface area contributed by atoms with Crippen LogP contribution in [0.4, 0.5) is 0 Å². The highest BCUT2D eigenvalue weighted by atomic mass is 16.5. The molecule has 1 aliphatic rings. The zero-order chi connectivity index (χ0) is 14.9. The zero-order valence-electron chi connectivity index (χ0n) is 12.1. The molecule has 2 heterocycles. The summed E-state index contributed by atoms with van der Waals surface area (Å²) in [5.74, 6) is -0.345. The van der Waals surface area contributed by atoms with Crippen molar-refractivity contribution in [1.29, 1.82) is 0 Å². The van der Waals surface area contributed by atoms with Crippen molar-refractivity contribution >= 4 is 11.8 Å². The molecular weight excluding hydrogens is 258 g/mol. The molecule has 110 valence electrons. The molecule has 2 amide bonds. The van der Waals surface area contributed by atoms with Gasteiger partial charge < -0.3 is 15.2 Å². The predicted molar refractivity (Wildman–Crippen MR) is 72.7 cm³/mol. The van der Waals surface area contributed by atoms with Crippen LogP contribution in [0.3, 0.4) is 0 Å². The fourth-order valence-electron chi connectivity index (χ4n) is 2.77. The summed E-state index contributed by atoms with van der Waals surface area (Å²) >= 11 is 0. The van der Waals surface area contributed by atoms with Crippen molar-refractivity contribution in [1.82, 2.24) is 10.1 Å². The molecule has 0 bridgehead atoms. The van der Waals surface area contributed by atoms with Crippen LogP contribution in [-0.2, 0) is 9.59 Å². The first-order chi connectivity index (χ1) is 9.41. The van der Waals surface area contributed by atoms with Crippen LogP contribution in [0.5, 0.6) is 0 Å². The Kier molecular flexibility index (Phi) is 4.11. The van der Waals surface area contributed by atoms with Gasteiger partial charge >= 0.3 is 0 Å². The summed E-state index contributed by atoms with van der Waals surface area (Å²) in [5, 5.41) is 3.85. The third-order valence-electron chi connectivity index (χ3n) is 3.75. The molecular formula is C14H21N3O3. The van der Waals surface area contributed by atoms with Gasteiger partial charge in [-0.25, -0.2) is 0 Å². The van der Waals surface area contributed by atoms with E-state index in [1.165, 1.54) is 0 Å². The van der Waals surface area contributed by atoms with E-state index in [4.69, 9.17) is 10.3 Å². The van der Waals surface area contributed by atoms with E-state index in [9.17, 15) is 9.59 Å². The van der Waals surface area contributed by atoms with E-state index >= 15 is 0 Å². The fourth-order valence-corrected chi connectivity index (χ4v) is 2.77. The molecule has 20 heavy (non-hydrogen) atoms. The van der Waals surface area contributed by atoms with Crippen molar-refractivity contribution in [2.75, 3.05) is 6.54 Å². The number of amides is 2. The highest BCUT2D eigenvalue weighted by molar-refractivity contribution is 5.90. The molecule has 0 aromatic carbocycles. The van der Waals surface area contributed by atoms with E-state index in [1.807, 2.05) is 20.8 Å². The van der Waals surface area contributed by atoms with Crippen LogP contribution in [0.25, 0.3) is 0 Å². The number of nitrogens with two attached hydrogens (primary N) is 1. The lowest BCUT2D eigenvalue weighted by Crippen LogP contribution is -2.46. The Morgan fingerprint density at radius 1 is 1.50 bits per heavy atom. The third-order valence-corrected chi connectivity index (χ3v) is 3.75. The van der Waals surface area contributed by atoms with E-state index in [2.05, 4.69) is 5.16 Å². The van der Waals surface area contributed by atoms with Crippen LogP contribution >= 0.6 is 0 Å². The Hall–Kier alpha value is -1.85. The third kappa shape index (κ3) is 2.69. The number of aryl methyl sites for hydroxylation is 1. The minimum absolute atomic E-state index is 0.0592. The van der Waals surface area contributed by atoms with Crippen LogP contribution in [0.2, 0.25) is 0 Å². The number of hydrogen-bond acceptors (Lipinski definition) is 4. The maximum Gasteiger partial charge on any atom is 0.240 e. The molecule has 1 aromatic rings. The Labute approximate surface area is 118 Å². The van der Waals surface area contributed by atoms with Crippen LogP contribution in [-0.4, -0.2) is 34.5 Å². The zero-order valence-corrected chi connectivity index (χ0v) is 12.1. The highest BCUT2D eigenvalue weighted by Gasteiger charge is 2.39. The number of primary amides is 1. The summed E-state index contributed by atoms with van der Waals surface area (Å²) in [5.41, 5.74) is 6.12. The first kappa shape index (κ1) is 14.6. The second kappa shape index (κ2) is 5.64. The Morgan fingerprint density at radius 2 is 2.20 bits per heavy atom. The monoisotopic (exact) mass is 279 g/mol. The number of hydrogen-bond donors (Lipinski definition) is 1. The van der Waals surface area contributed by atoms with Crippen LogP contribution in [0.1, 0.15) is 44.1 Å². The second-order valence-electron chi connectivity index (χ2n) is 5.68. The Balaban J connectivity index is 2.26. The number of aromatic nitrogens is 1. The van der Waals surface area contributed by atoms with Crippen molar-refractivity contribution in [2.45, 2.75) is 45.6 Å². The van der Waals surface area contributed by atoms with E-state index in [1.54, 1.807) is 11.0 Å². The molecule has 2 rings (SSSR count). The van der Waals surface area contributed by atoms with E-state index in [-0.39, 0.29) is 11.8 Å². The second-order valence-corrected chi connectivity index (χ2v) is 5.68. The SMILES string of the molecule is Cc1cc(C(C(=O)N2CCC[C@@H]2C(N)=O)C(C)C)on1. The number of carbonyl (C=O) groups is 2. The molecule has 6 heteroatoms. The number of likely N-dealkylation sites (tertiary alicyclic amines) is 1. The topological polar surface area (TPSA) is 89.4 Å². The summed E-state index contributed by atoms with van der Waals surface area (Å²) in [6, 6.07) is 1.28. The lowest BCUT2D eigenvalue weighted by molar-refractivity contribution is -0.139. The maximum absolute atomic E-state index is 12.7. The summed E-state index contributed by atoms with van der Waals surface area (Å²) in [6.45, 7) is 6.30. The van der Waals surface area contributed by atoms with Gasteiger partial charge in [0.2, 0.25) is 11.8 Å². The fraction of sp³-hybridized carbons (Fsp3) is 0.643.